The molecular formula is C16H25F2NO. The first-order valence-corrected chi connectivity index (χ1v) is 7.26. The van der Waals surface area contributed by atoms with E-state index in [1.54, 1.807) is 19.2 Å². The zero-order valence-electron chi connectivity index (χ0n) is 12.8. The molecule has 1 N–H and O–H groups in total. The van der Waals surface area contributed by atoms with Crippen LogP contribution in [0, 0.1) is 11.6 Å². The summed E-state index contributed by atoms with van der Waals surface area (Å²) in [5.41, 5.74) is 0.0219. The van der Waals surface area contributed by atoms with Crippen molar-refractivity contribution >= 4 is 0 Å². The molecule has 4 heteroatoms. The Kier molecular flexibility index (Phi) is 6.56. The second kappa shape index (κ2) is 7.70. The van der Waals surface area contributed by atoms with Crippen molar-refractivity contribution in [2.24, 2.45) is 0 Å². The van der Waals surface area contributed by atoms with E-state index in [-0.39, 0.29) is 11.6 Å². The van der Waals surface area contributed by atoms with Crippen LogP contribution < -0.4 is 5.32 Å². The Hall–Kier alpha value is -1.00. The first-order chi connectivity index (χ1) is 9.54. The summed E-state index contributed by atoms with van der Waals surface area (Å²) in [6.07, 6.45) is 2.04. The van der Waals surface area contributed by atoms with Crippen LogP contribution in [0.4, 0.5) is 8.78 Å². The number of likely N-dealkylation sites (N-methyl/N-ethyl adjacent to an activating group) is 1. The van der Waals surface area contributed by atoms with Crippen molar-refractivity contribution in [2.75, 3.05) is 13.7 Å². The van der Waals surface area contributed by atoms with E-state index >= 15 is 0 Å². The molecule has 1 rings (SSSR count). The van der Waals surface area contributed by atoms with E-state index in [2.05, 4.69) is 19.2 Å². The van der Waals surface area contributed by atoms with Gasteiger partial charge < -0.3 is 10.1 Å². The molecule has 0 heterocycles. The van der Waals surface area contributed by atoms with E-state index in [0.717, 1.165) is 25.5 Å². The largest absolute Gasteiger partial charge is 0.377 e. The maximum absolute atomic E-state index is 13.9. The van der Waals surface area contributed by atoms with Crippen molar-refractivity contribution in [2.45, 2.75) is 51.7 Å². The predicted molar refractivity (Wildman–Crippen MR) is 77.8 cm³/mol. The fraction of sp³-hybridized carbons (Fsp3) is 0.625. The Bertz CT molecular complexity index is 411. The Morgan fingerprint density at radius 1 is 1.20 bits per heavy atom. The molecule has 114 valence electrons. The van der Waals surface area contributed by atoms with Gasteiger partial charge in [0, 0.05) is 13.2 Å². The van der Waals surface area contributed by atoms with Gasteiger partial charge in [0.05, 0.1) is 5.60 Å². The highest BCUT2D eigenvalue weighted by molar-refractivity contribution is 5.21. The molecular weight excluding hydrogens is 260 g/mol. The van der Waals surface area contributed by atoms with Crippen molar-refractivity contribution in [3.8, 4) is 0 Å². The zero-order valence-corrected chi connectivity index (χ0v) is 12.8. The van der Waals surface area contributed by atoms with Crippen LogP contribution in [0.1, 0.15) is 39.2 Å². The van der Waals surface area contributed by atoms with Gasteiger partial charge in [0.15, 0.2) is 11.6 Å². The minimum atomic E-state index is -0.797. The Morgan fingerprint density at radius 2 is 1.85 bits per heavy atom. The quantitative estimate of drug-likeness (QED) is 0.786. The topological polar surface area (TPSA) is 21.3 Å². The molecule has 0 aliphatic carbocycles. The predicted octanol–water partition coefficient (Wildman–Crippen LogP) is 3.69. The zero-order chi connectivity index (χ0) is 15.2. The lowest BCUT2D eigenvalue weighted by molar-refractivity contribution is -0.0470. The first kappa shape index (κ1) is 17.1. The molecule has 0 aromatic heterocycles. The molecule has 0 fully saturated rings. The van der Waals surface area contributed by atoms with Gasteiger partial charge in [0.25, 0.3) is 0 Å². The van der Waals surface area contributed by atoms with E-state index in [1.165, 1.54) is 0 Å². The van der Waals surface area contributed by atoms with E-state index in [1.807, 2.05) is 6.92 Å². The van der Waals surface area contributed by atoms with Crippen LogP contribution in [0.3, 0.4) is 0 Å². The minimum Gasteiger partial charge on any atom is -0.377 e. The van der Waals surface area contributed by atoms with Crippen molar-refractivity contribution in [1.29, 1.82) is 0 Å². The molecule has 0 saturated carbocycles. The molecule has 0 aliphatic rings. The van der Waals surface area contributed by atoms with Gasteiger partial charge in [-0.1, -0.05) is 32.9 Å². The Morgan fingerprint density at radius 3 is 2.35 bits per heavy atom. The van der Waals surface area contributed by atoms with Gasteiger partial charge in [-0.25, -0.2) is 8.78 Å². The summed E-state index contributed by atoms with van der Waals surface area (Å²) in [6.45, 7) is 6.87. The number of benzene rings is 1. The smallest absolute Gasteiger partial charge is 0.162 e. The maximum Gasteiger partial charge on any atom is 0.162 e. The molecule has 0 spiro atoms. The van der Waals surface area contributed by atoms with Gasteiger partial charge in [-0.3, -0.25) is 0 Å². The first-order valence-electron chi connectivity index (χ1n) is 7.26. The average Bonchev–Trinajstić information content (AvgIpc) is 2.46. The van der Waals surface area contributed by atoms with Crippen LogP contribution in [-0.2, 0) is 11.2 Å². The van der Waals surface area contributed by atoms with Gasteiger partial charge in [0.1, 0.15) is 0 Å². The van der Waals surface area contributed by atoms with Crippen molar-refractivity contribution in [3.05, 3.63) is 35.4 Å². The Labute approximate surface area is 120 Å². The van der Waals surface area contributed by atoms with Gasteiger partial charge in [-0.05, 0) is 37.4 Å². The van der Waals surface area contributed by atoms with Crippen LogP contribution in [0.2, 0.25) is 0 Å². The van der Waals surface area contributed by atoms with Crippen molar-refractivity contribution in [3.63, 3.8) is 0 Å². The molecule has 20 heavy (non-hydrogen) atoms. The van der Waals surface area contributed by atoms with E-state index in [4.69, 9.17) is 4.74 Å². The number of halogens is 2. The standard InChI is InChI=1S/C16H25F2NO/c1-5-16(6-2,20-4)14(19-7-3)11-12-9-8-10-13(17)15(12)18/h8-10,14,19H,5-7,11H2,1-4H3. The van der Waals surface area contributed by atoms with Gasteiger partial charge in [-0.2, -0.15) is 0 Å². The van der Waals surface area contributed by atoms with Gasteiger partial charge in [0.2, 0.25) is 0 Å². The molecule has 0 radical (unpaired) electrons. The van der Waals surface area contributed by atoms with Crippen LogP contribution >= 0.6 is 0 Å². The highest BCUT2D eigenvalue weighted by Crippen LogP contribution is 2.27. The number of hydrogen-bond acceptors (Lipinski definition) is 2. The summed E-state index contributed by atoms with van der Waals surface area (Å²) in [5, 5.41) is 3.36. The van der Waals surface area contributed by atoms with Gasteiger partial charge >= 0.3 is 0 Å². The number of hydrogen-bond donors (Lipinski definition) is 1. The molecule has 0 aliphatic heterocycles. The maximum atomic E-state index is 13.9. The van der Waals surface area contributed by atoms with E-state index in [0.29, 0.717) is 12.0 Å². The highest BCUT2D eigenvalue weighted by Gasteiger charge is 2.35. The lowest BCUT2D eigenvalue weighted by Crippen LogP contribution is -2.52. The molecule has 2 nitrogen and oxygen atoms in total. The summed E-state index contributed by atoms with van der Waals surface area (Å²) >= 11 is 0. The summed E-state index contributed by atoms with van der Waals surface area (Å²) in [6, 6.07) is 4.27. The monoisotopic (exact) mass is 285 g/mol. The summed E-state index contributed by atoms with van der Waals surface area (Å²) in [4.78, 5) is 0. The minimum absolute atomic E-state index is 0.0520. The highest BCUT2D eigenvalue weighted by atomic mass is 19.2. The lowest BCUT2D eigenvalue weighted by Gasteiger charge is -2.39. The van der Waals surface area contributed by atoms with Crippen molar-refractivity contribution < 1.29 is 13.5 Å². The Balaban J connectivity index is 3.05. The molecule has 0 bridgehead atoms. The number of ether oxygens (including phenoxy) is 1. The molecule has 1 aromatic rings. The number of methoxy groups -OCH3 is 1. The third-order valence-electron chi connectivity index (χ3n) is 4.14. The second-order valence-electron chi connectivity index (χ2n) is 5.00. The van der Waals surface area contributed by atoms with E-state index in [9.17, 15) is 8.78 Å². The van der Waals surface area contributed by atoms with Gasteiger partial charge in [-0.15, -0.1) is 0 Å². The van der Waals surface area contributed by atoms with Crippen molar-refractivity contribution in [1.82, 2.24) is 5.32 Å². The van der Waals surface area contributed by atoms with Crippen LogP contribution in [0.25, 0.3) is 0 Å². The molecule has 1 aromatic carbocycles. The van der Waals surface area contributed by atoms with Crippen LogP contribution in [-0.4, -0.2) is 25.3 Å². The fourth-order valence-electron chi connectivity index (χ4n) is 2.79. The normalized spacial score (nSPS) is 13.5. The molecule has 0 amide bonds. The molecule has 1 unspecified atom stereocenters. The molecule has 0 saturated heterocycles. The summed E-state index contributed by atoms with van der Waals surface area (Å²) < 4.78 is 32.9. The summed E-state index contributed by atoms with van der Waals surface area (Å²) in [5.74, 6) is -1.55. The fourth-order valence-corrected chi connectivity index (χ4v) is 2.79. The molecule has 1 atom stereocenters. The second-order valence-corrected chi connectivity index (χ2v) is 5.00. The van der Waals surface area contributed by atoms with E-state index < -0.39 is 11.6 Å². The van der Waals surface area contributed by atoms with Crippen LogP contribution in [0.5, 0.6) is 0 Å². The SMILES string of the molecule is CCNC(Cc1cccc(F)c1F)C(CC)(CC)OC. The van der Waals surface area contributed by atoms with Crippen LogP contribution in [0.15, 0.2) is 18.2 Å². The third kappa shape index (κ3) is 3.55. The lowest BCUT2D eigenvalue weighted by atomic mass is 9.84. The number of nitrogens with one attached hydrogen (secondary N) is 1. The average molecular weight is 285 g/mol. The third-order valence-corrected chi connectivity index (χ3v) is 4.14. The number of rotatable bonds is 8. The summed E-state index contributed by atoms with van der Waals surface area (Å²) in [7, 11) is 1.68.